The first-order valence-corrected chi connectivity index (χ1v) is 9.27. The number of carbonyl (C=O) groups excluding carboxylic acids is 2. The first kappa shape index (κ1) is 19.7. The summed E-state index contributed by atoms with van der Waals surface area (Å²) in [5.74, 6) is -3.65. The van der Waals surface area contributed by atoms with Crippen LogP contribution in [0.5, 0.6) is 0 Å². The van der Waals surface area contributed by atoms with E-state index in [0.717, 1.165) is 18.9 Å². The van der Waals surface area contributed by atoms with Crippen molar-refractivity contribution in [3.63, 3.8) is 0 Å². The molecule has 5 nitrogen and oxygen atoms in total. The zero-order valence-corrected chi connectivity index (χ0v) is 15.3. The van der Waals surface area contributed by atoms with E-state index in [4.69, 9.17) is 5.73 Å². The molecule has 2 atom stereocenters. The van der Waals surface area contributed by atoms with Crippen LogP contribution >= 0.6 is 0 Å². The van der Waals surface area contributed by atoms with E-state index in [1.54, 1.807) is 6.92 Å². The highest BCUT2D eigenvalue weighted by atomic mass is 19.2. The first-order chi connectivity index (χ1) is 12.8. The highest BCUT2D eigenvalue weighted by Gasteiger charge is 2.39. The Hall–Kier alpha value is -2.09. The maximum absolute atomic E-state index is 13.8. The molecule has 1 saturated heterocycles. The highest BCUT2D eigenvalue weighted by Crippen LogP contribution is 2.29. The molecule has 1 saturated carbocycles. The third-order valence-corrected chi connectivity index (χ3v) is 5.22. The molecule has 0 bridgehead atoms. The van der Waals surface area contributed by atoms with Gasteiger partial charge in [0.05, 0.1) is 0 Å². The molecule has 1 aromatic rings. The van der Waals surface area contributed by atoms with Gasteiger partial charge in [-0.2, -0.15) is 0 Å². The second kappa shape index (κ2) is 7.88. The maximum Gasteiger partial charge on any atom is 0.245 e. The highest BCUT2D eigenvalue weighted by molar-refractivity contribution is 5.88. The summed E-state index contributed by atoms with van der Waals surface area (Å²) in [6, 6.07) is 0.213. The Bertz CT molecular complexity index is 739. The zero-order valence-electron chi connectivity index (χ0n) is 15.3. The van der Waals surface area contributed by atoms with Crippen molar-refractivity contribution in [3.05, 3.63) is 35.1 Å². The Kier molecular flexibility index (Phi) is 5.74. The van der Waals surface area contributed by atoms with Crippen LogP contribution in [-0.4, -0.2) is 52.8 Å². The van der Waals surface area contributed by atoms with Gasteiger partial charge in [-0.15, -0.1) is 0 Å². The lowest BCUT2D eigenvalue weighted by molar-refractivity contribution is -0.143. The summed E-state index contributed by atoms with van der Waals surface area (Å²) in [5.41, 5.74) is 5.87. The van der Waals surface area contributed by atoms with Crippen LogP contribution < -0.4 is 5.73 Å². The molecule has 2 aliphatic rings. The van der Waals surface area contributed by atoms with E-state index >= 15 is 0 Å². The smallest absolute Gasteiger partial charge is 0.245 e. The molecule has 27 heavy (non-hydrogen) atoms. The van der Waals surface area contributed by atoms with Crippen LogP contribution in [0.1, 0.15) is 38.2 Å². The zero-order chi connectivity index (χ0) is 19.7. The molecule has 3 rings (SSSR count). The van der Waals surface area contributed by atoms with Crippen LogP contribution in [0.2, 0.25) is 0 Å². The minimum atomic E-state index is -1.27. The Morgan fingerprint density at radius 2 is 1.85 bits per heavy atom. The average Bonchev–Trinajstić information content (AvgIpc) is 3.43. The lowest BCUT2D eigenvalue weighted by Gasteiger charge is -2.29. The van der Waals surface area contributed by atoms with Crippen LogP contribution in [0.4, 0.5) is 13.2 Å². The molecule has 0 aromatic heterocycles. The number of nitrogens with two attached hydrogens (primary N) is 1. The van der Waals surface area contributed by atoms with E-state index in [1.165, 1.54) is 4.90 Å². The van der Waals surface area contributed by atoms with E-state index in [2.05, 4.69) is 0 Å². The number of carbonyl (C=O) groups is 2. The third-order valence-electron chi connectivity index (χ3n) is 5.22. The summed E-state index contributed by atoms with van der Waals surface area (Å²) in [6.07, 6.45) is 2.53. The van der Waals surface area contributed by atoms with Crippen molar-refractivity contribution < 1.29 is 22.8 Å². The van der Waals surface area contributed by atoms with E-state index in [0.29, 0.717) is 31.6 Å². The fraction of sp³-hybridized carbons (Fsp3) is 0.579. The molecule has 0 spiro atoms. The second-order valence-electron chi connectivity index (χ2n) is 7.41. The van der Waals surface area contributed by atoms with Gasteiger partial charge in [0.2, 0.25) is 11.8 Å². The van der Waals surface area contributed by atoms with Crippen LogP contribution in [0, 0.1) is 17.5 Å². The van der Waals surface area contributed by atoms with Crippen molar-refractivity contribution in [1.29, 1.82) is 0 Å². The molecular formula is C19H24F3N3O2. The standard InChI is InChI=1S/C19H24F3N3O2/c1-11-19(27)25(14-3-4-14)6-2-5-24(11)18(26)9-13(23)7-12-8-16(21)17(22)10-15(12)20/h8,10-11,13-14H,2-7,9,23H2,1H3/t11?,13-/m1/s1. The lowest BCUT2D eigenvalue weighted by Crippen LogP contribution is -2.48. The minimum Gasteiger partial charge on any atom is -0.338 e. The van der Waals surface area contributed by atoms with Gasteiger partial charge in [-0.05, 0) is 44.2 Å². The number of halogens is 3. The summed E-state index contributed by atoms with van der Waals surface area (Å²) in [5, 5.41) is 0. The van der Waals surface area contributed by atoms with Gasteiger partial charge in [-0.1, -0.05) is 0 Å². The van der Waals surface area contributed by atoms with Gasteiger partial charge in [0.25, 0.3) is 0 Å². The largest absolute Gasteiger partial charge is 0.338 e. The molecule has 0 radical (unpaired) electrons. The fourth-order valence-corrected chi connectivity index (χ4v) is 3.59. The van der Waals surface area contributed by atoms with Crippen molar-refractivity contribution in [2.24, 2.45) is 5.73 Å². The molecule has 1 aliphatic carbocycles. The Morgan fingerprint density at radius 1 is 1.19 bits per heavy atom. The van der Waals surface area contributed by atoms with Gasteiger partial charge in [-0.25, -0.2) is 13.2 Å². The number of hydrogen-bond donors (Lipinski definition) is 1. The number of nitrogens with zero attached hydrogens (tertiary/aromatic N) is 2. The van der Waals surface area contributed by atoms with Crippen LogP contribution in [0.15, 0.2) is 12.1 Å². The van der Waals surface area contributed by atoms with Crippen molar-refractivity contribution >= 4 is 11.8 Å². The van der Waals surface area contributed by atoms with Gasteiger partial charge in [0, 0.05) is 37.7 Å². The Labute approximate surface area is 156 Å². The summed E-state index contributed by atoms with van der Waals surface area (Å²) < 4.78 is 40.1. The van der Waals surface area contributed by atoms with Crippen molar-refractivity contribution in [1.82, 2.24) is 9.80 Å². The monoisotopic (exact) mass is 383 g/mol. The molecule has 1 aliphatic heterocycles. The van der Waals surface area contributed by atoms with Gasteiger partial charge in [0.15, 0.2) is 11.6 Å². The molecule has 1 unspecified atom stereocenters. The normalized spacial score (nSPS) is 22.0. The van der Waals surface area contributed by atoms with Gasteiger partial charge >= 0.3 is 0 Å². The maximum atomic E-state index is 13.8. The SMILES string of the molecule is CC1C(=O)N(C2CC2)CCCN1C(=O)C[C@H](N)Cc1cc(F)c(F)cc1F. The van der Waals surface area contributed by atoms with Crippen LogP contribution in [0.25, 0.3) is 0 Å². The van der Waals surface area contributed by atoms with Crippen molar-refractivity contribution in [2.75, 3.05) is 13.1 Å². The number of benzene rings is 1. The first-order valence-electron chi connectivity index (χ1n) is 9.27. The minimum absolute atomic E-state index is 0.0522. The van der Waals surface area contributed by atoms with Gasteiger partial charge < -0.3 is 15.5 Å². The number of amides is 2. The summed E-state index contributed by atoms with van der Waals surface area (Å²) in [7, 11) is 0. The van der Waals surface area contributed by atoms with Gasteiger partial charge in [0.1, 0.15) is 11.9 Å². The Balaban J connectivity index is 1.62. The van der Waals surface area contributed by atoms with Crippen LogP contribution in [-0.2, 0) is 16.0 Å². The van der Waals surface area contributed by atoms with Crippen molar-refractivity contribution in [2.45, 2.75) is 57.2 Å². The summed E-state index contributed by atoms with van der Waals surface area (Å²) in [6.45, 7) is 2.81. The van der Waals surface area contributed by atoms with E-state index in [1.807, 2.05) is 4.90 Å². The molecule has 148 valence electrons. The molecule has 2 fully saturated rings. The average molecular weight is 383 g/mol. The molecule has 1 heterocycles. The molecule has 2 N–H and O–H groups in total. The van der Waals surface area contributed by atoms with Crippen molar-refractivity contribution in [3.8, 4) is 0 Å². The predicted octanol–water partition coefficient (Wildman–Crippen LogP) is 1.98. The topological polar surface area (TPSA) is 66.6 Å². The van der Waals surface area contributed by atoms with Gasteiger partial charge in [-0.3, -0.25) is 9.59 Å². The van der Waals surface area contributed by atoms with E-state index in [-0.39, 0.29) is 30.2 Å². The Morgan fingerprint density at radius 3 is 2.52 bits per heavy atom. The lowest BCUT2D eigenvalue weighted by atomic mass is 10.0. The van der Waals surface area contributed by atoms with E-state index < -0.39 is 29.5 Å². The molecule has 2 amide bonds. The summed E-state index contributed by atoms with van der Waals surface area (Å²) in [4.78, 5) is 28.6. The predicted molar refractivity (Wildman–Crippen MR) is 93.1 cm³/mol. The fourth-order valence-electron chi connectivity index (χ4n) is 3.59. The molecule has 8 heteroatoms. The second-order valence-corrected chi connectivity index (χ2v) is 7.41. The molecule has 1 aromatic carbocycles. The van der Waals surface area contributed by atoms with E-state index in [9.17, 15) is 22.8 Å². The summed E-state index contributed by atoms with van der Waals surface area (Å²) >= 11 is 0. The number of hydrogen-bond acceptors (Lipinski definition) is 3. The van der Waals surface area contributed by atoms with Crippen LogP contribution in [0.3, 0.4) is 0 Å². The molecular weight excluding hydrogens is 359 g/mol. The number of rotatable bonds is 5. The third kappa shape index (κ3) is 4.43. The quantitative estimate of drug-likeness (QED) is 0.791.